The zero-order chi connectivity index (χ0) is 23.3. The fraction of sp³-hybridized carbons (Fsp3) is 0.692. The van der Waals surface area contributed by atoms with E-state index in [0.29, 0.717) is 43.9 Å². The average Bonchev–Trinajstić information content (AvgIpc) is 3.67. The minimum Gasteiger partial charge on any atom is -0.444 e. The van der Waals surface area contributed by atoms with Gasteiger partial charge in [0.1, 0.15) is 11.1 Å². The Bertz CT molecular complexity index is 885. The molecule has 2 aliphatic carbocycles. The van der Waals surface area contributed by atoms with Crippen LogP contribution in [0.3, 0.4) is 0 Å². The molecule has 4 aliphatic rings. The number of nitrogens with zero attached hydrogens (tertiary/aromatic N) is 1. The first-order chi connectivity index (χ1) is 15.7. The molecule has 2 amide bonds. The van der Waals surface area contributed by atoms with Gasteiger partial charge in [-0.1, -0.05) is 30.3 Å². The summed E-state index contributed by atoms with van der Waals surface area (Å²) in [5.74, 6) is 0.647. The predicted molar refractivity (Wildman–Crippen MR) is 125 cm³/mol. The van der Waals surface area contributed by atoms with Crippen molar-refractivity contribution in [2.24, 2.45) is 0 Å². The van der Waals surface area contributed by atoms with Crippen molar-refractivity contribution in [3.05, 3.63) is 35.9 Å². The van der Waals surface area contributed by atoms with Crippen LogP contribution in [0.4, 0.5) is 4.79 Å². The van der Waals surface area contributed by atoms with E-state index in [1.165, 1.54) is 12.0 Å². The van der Waals surface area contributed by atoms with Gasteiger partial charge in [-0.25, -0.2) is 4.79 Å². The Morgan fingerprint density at radius 3 is 2.42 bits per heavy atom. The molecule has 180 valence electrons. The Balaban J connectivity index is 1.09. The second-order valence-electron chi connectivity index (χ2n) is 11.4. The number of piperidine rings is 1. The van der Waals surface area contributed by atoms with Gasteiger partial charge in [-0.15, -0.1) is 0 Å². The molecule has 1 spiro atoms. The fourth-order valence-corrected chi connectivity index (χ4v) is 5.49. The van der Waals surface area contributed by atoms with Gasteiger partial charge in [-0.3, -0.25) is 4.79 Å². The third-order valence-corrected chi connectivity index (χ3v) is 7.54. The van der Waals surface area contributed by atoms with Gasteiger partial charge < -0.3 is 25.0 Å². The first-order valence-corrected chi connectivity index (χ1v) is 12.4. The van der Waals surface area contributed by atoms with Gasteiger partial charge in [0.15, 0.2) is 0 Å². The normalized spacial score (nSPS) is 29.5. The lowest BCUT2D eigenvalue weighted by molar-refractivity contribution is -0.139. The van der Waals surface area contributed by atoms with E-state index in [-0.39, 0.29) is 11.5 Å². The Morgan fingerprint density at radius 2 is 1.79 bits per heavy atom. The molecular formula is C26H37N3O4. The molecule has 2 aliphatic heterocycles. The van der Waals surface area contributed by atoms with Crippen molar-refractivity contribution in [2.75, 3.05) is 19.7 Å². The summed E-state index contributed by atoms with van der Waals surface area (Å²) in [6, 6.07) is 11.7. The third kappa shape index (κ3) is 5.04. The van der Waals surface area contributed by atoms with Crippen LogP contribution in [0.25, 0.3) is 0 Å². The summed E-state index contributed by atoms with van der Waals surface area (Å²) in [6.45, 7) is 7.58. The molecule has 2 saturated carbocycles. The molecule has 2 saturated heterocycles. The molecule has 1 aromatic rings. The number of hydrogen-bond acceptors (Lipinski definition) is 5. The molecule has 0 bridgehead atoms. The summed E-state index contributed by atoms with van der Waals surface area (Å²) in [6.07, 6.45) is 4.76. The highest BCUT2D eigenvalue weighted by atomic mass is 16.6. The number of rotatable bonds is 5. The molecule has 2 N–H and O–H groups in total. The van der Waals surface area contributed by atoms with Crippen LogP contribution in [0.15, 0.2) is 30.3 Å². The van der Waals surface area contributed by atoms with Gasteiger partial charge in [0.2, 0.25) is 5.91 Å². The summed E-state index contributed by atoms with van der Waals surface area (Å²) in [4.78, 5) is 27.3. The molecular weight excluding hydrogens is 418 g/mol. The van der Waals surface area contributed by atoms with Crippen molar-refractivity contribution < 1.29 is 19.1 Å². The molecule has 7 heteroatoms. The Kier molecular flexibility index (Phi) is 5.68. The van der Waals surface area contributed by atoms with Crippen molar-refractivity contribution in [3.63, 3.8) is 0 Å². The lowest BCUT2D eigenvalue weighted by Gasteiger charge is -2.40. The Hall–Kier alpha value is -2.12. The Morgan fingerprint density at radius 1 is 1.09 bits per heavy atom. The van der Waals surface area contributed by atoms with Crippen LogP contribution in [0.5, 0.6) is 0 Å². The van der Waals surface area contributed by atoms with E-state index in [2.05, 4.69) is 41.0 Å². The molecule has 3 atom stereocenters. The molecule has 33 heavy (non-hydrogen) atoms. The van der Waals surface area contributed by atoms with Gasteiger partial charge in [-0.05, 0) is 64.9 Å². The zero-order valence-corrected chi connectivity index (χ0v) is 20.1. The van der Waals surface area contributed by atoms with E-state index in [0.717, 1.165) is 25.9 Å². The predicted octanol–water partition coefficient (Wildman–Crippen LogP) is 3.34. The summed E-state index contributed by atoms with van der Waals surface area (Å²) in [5, 5.41) is 6.66. The van der Waals surface area contributed by atoms with Crippen molar-refractivity contribution in [2.45, 2.75) is 94.0 Å². The number of carbonyl (C=O) groups is 2. The molecule has 0 radical (unpaired) electrons. The molecule has 7 nitrogen and oxygen atoms in total. The molecule has 1 unspecified atom stereocenters. The van der Waals surface area contributed by atoms with Crippen LogP contribution in [-0.4, -0.2) is 65.4 Å². The van der Waals surface area contributed by atoms with Crippen molar-refractivity contribution >= 4 is 12.0 Å². The number of ether oxygens (including phenoxy) is 2. The van der Waals surface area contributed by atoms with Gasteiger partial charge >= 0.3 is 6.09 Å². The van der Waals surface area contributed by atoms with Gasteiger partial charge in [-0.2, -0.15) is 0 Å². The van der Waals surface area contributed by atoms with Gasteiger partial charge in [0.25, 0.3) is 0 Å². The largest absolute Gasteiger partial charge is 0.444 e. The summed E-state index contributed by atoms with van der Waals surface area (Å²) in [5.41, 5.74) is -0.0520. The molecule has 5 rings (SSSR count). The second kappa shape index (κ2) is 8.27. The topological polar surface area (TPSA) is 79.9 Å². The highest BCUT2D eigenvalue weighted by molar-refractivity contribution is 5.93. The van der Waals surface area contributed by atoms with E-state index >= 15 is 0 Å². The monoisotopic (exact) mass is 455 g/mol. The van der Waals surface area contributed by atoms with Crippen LogP contribution in [-0.2, 0) is 14.3 Å². The fourth-order valence-electron chi connectivity index (χ4n) is 5.49. The van der Waals surface area contributed by atoms with Gasteiger partial charge in [0.05, 0.1) is 12.2 Å². The number of carbonyl (C=O) groups excluding carboxylic acids is 2. The Labute approximate surface area is 196 Å². The summed E-state index contributed by atoms with van der Waals surface area (Å²) in [7, 11) is 0. The van der Waals surface area contributed by atoms with Crippen molar-refractivity contribution in [1.29, 1.82) is 0 Å². The first kappa shape index (κ1) is 22.7. The van der Waals surface area contributed by atoms with E-state index in [1.54, 1.807) is 0 Å². The van der Waals surface area contributed by atoms with Crippen molar-refractivity contribution in [3.8, 4) is 0 Å². The lowest BCUT2D eigenvalue weighted by atomic mass is 9.87. The van der Waals surface area contributed by atoms with Crippen LogP contribution >= 0.6 is 0 Å². The number of benzene rings is 1. The van der Waals surface area contributed by atoms with Crippen LogP contribution in [0.1, 0.15) is 70.8 Å². The van der Waals surface area contributed by atoms with E-state index in [1.807, 2.05) is 25.7 Å². The maximum Gasteiger partial charge on any atom is 0.408 e. The number of hydrogen-bond donors (Lipinski definition) is 2. The SMILES string of the molecule is CC(C)(C)OC(=O)NC1(C(=O)N2CCC3(CC2)CC(N[C@@H]2C[C@H]2c2ccccc2)CO3)CC1. The molecule has 1 aromatic carbocycles. The van der Waals surface area contributed by atoms with E-state index in [4.69, 9.17) is 9.47 Å². The van der Waals surface area contributed by atoms with E-state index < -0.39 is 17.2 Å². The van der Waals surface area contributed by atoms with Crippen LogP contribution < -0.4 is 10.6 Å². The first-order valence-electron chi connectivity index (χ1n) is 12.4. The average molecular weight is 456 g/mol. The minimum absolute atomic E-state index is 0.0274. The third-order valence-electron chi connectivity index (χ3n) is 7.54. The number of nitrogens with one attached hydrogen (secondary N) is 2. The number of amides is 2. The smallest absolute Gasteiger partial charge is 0.408 e. The summed E-state index contributed by atoms with van der Waals surface area (Å²) >= 11 is 0. The number of likely N-dealkylation sites (tertiary alicyclic amines) is 1. The standard InChI is InChI=1S/C26H37N3O4/c1-24(2,3)33-23(31)28-26(9-10-26)22(30)29-13-11-25(12-14-29)16-19(17-32-25)27-21-15-20(21)18-7-5-4-6-8-18/h4-8,19-21,27H,9-17H2,1-3H3,(H,28,31)/t19?,20-,21+/m0/s1. The lowest BCUT2D eigenvalue weighted by Crippen LogP contribution is -2.55. The zero-order valence-electron chi connectivity index (χ0n) is 20.1. The maximum absolute atomic E-state index is 13.2. The second-order valence-corrected chi connectivity index (χ2v) is 11.4. The van der Waals surface area contributed by atoms with Crippen molar-refractivity contribution in [1.82, 2.24) is 15.5 Å². The molecule has 0 aromatic heterocycles. The number of alkyl carbamates (subject to hydrolysis) is 1. The highest BCUT2D eigenvalue weighted by Crippen LogP contribution is 2.44. The van der Waals surface area contributed by atoms with Gasteiger partial charge in [0, 0.05) is 31.1 Å². The quantitative estimate of drug-likeness (QED) is 0.712. The van der Waals surface area contributed by atoms with Crippen LogP contribution in [0.2, 0.25) is 0 Å². The van der Waals surface area contributed by atoms with Crippen LogP contribution in [0, 0.1) is 0 Å². The minimum atomic E-state index is -0.772. The maximum atomic E-state index is 13.2. The summed E-state index contributed by atoms with van der Waals surface area (Å²) < 4.78 is 11.7. The molecule has 4 fully saturated rings. The van der Waals surface area contributed by atoms with E-state index in [9.17, 15) is 9.59 Å². The molecule has 2 heterocycles. The highest BCUT2D eigenvalue weighted by Gasteiger charge is 2.55.